The number of alkyl halides is 4. The fourth-order valence-electron chi connectivity index (χ4n) is 2.97. The van der Waals surface area contributed by atoms with E-state index in [1.165, 1.54) is 30.7 Å². The molecule has 0 aromatic carbocycles. The second-order valence-electron chi connectivity index (χ2n) is 7.15. The lowest BCUT2D eigenvalue weighted by Crippen LogP contribution is -2.47. The molecule has 0 rings (SSSR count). The van der Waals surface area contributed by atoms with Crippen molar-refractivity contribution in [1.29, 1.82) is 0 Å². The lowest BCUT2D eigenvalue weighted by Gasteiger charge is -2.34. The summed E-state index contributed by atoms with van der Waals surface area (Å²) in [5.74, 6) is -4.81. The van der Waals surface area contributed by atoms with E-state index in [1.807, 2.05) is 6.92 Å². The van der Waals surface area contributed by atoms with Gasteiger partial charge in [-0.15, -0.1) is 0 Å². The van der Waals surface area contributed by atoms with Crippen LogP contribution in [0.3, 0.4) is 0 Å². The zero-order chi connectivity index (χ0) is 22.5. The van der Waals surface area contributed by atoms with Crippen LogP contribution in [0.25, 0.3) is 0 Å². The van der Waals surface area contributed by atoms with Crippen LogP contribution in [0.2, 0.25) is 0 Å². The molecule has 0 aliphatic rings. The highest BCUT2D eigenvalue weighted by atomic mass is 32.2. The van der Waals surface area contributed by atoms with Gasteiger partial charge in [-0.25, -0.2) is 8.42 Å². The second kappa shape index (κ2) is 13.7. The number of rotatable bonds is 14. The van der Waals surface area contributed by atoms with Crippen LogP contribution >= 0.6 is 0 Å². The molecule has 0 radical (unpaired) electrons. The standard InChI is InChI=1S/C11H20F4O3S.C8H20N/c1-2-3-4-5-6-7-8-9-10(12,13)11(14,15)19(16,17)18;1-5-9(6-2,7-3)8-4/h2-9H2,1H3,(H,16,17,18);5-8H2,1-4H3/q;+1/p-1. The lowest BCUT2D eigenvalue weighted by atomic mass is 10.1. The third-order valence-corrected chi connectivity index (χ3v) is 6.44. The van der Waals surface area contributed by atoms with Gasteiger partial charge in [0, 0.05) is 6.42 Å². The maximum atomic E-state index is 13.0. The first kappa shape index (κ1) is 29.8. The number of hydrogen-bond donors (Lipinski definition) is 0. The van der Waals surface area contributed by atoms with E-state index in [1.54, 1.807) is 0 Å². The third kappa shape index (κ3) is 9.87. The van der Waals surface area contributed by atoms with Gasteiger partial charge in [0.05, 0.1) is 26.2 Å². The summed E-state index contributed by atoms with van der Waals surface area (Å²) in [5, 5.41) is -5.54. The molecule has 0 aliphatic carbocycles. The van der Waals surface area contributed by atoms with E-state index in [-0.39, 0.29) is 6.42 Å². The summed E-state index contributed by atoms with van der Waals surface area (Å²) < 4.78 is 83.1. The Morgan fingerprint density at radius 1 is 0.714 bits per heavy atom. The van der Waals surface area contributed by atoms with Crippen molar-refractivity contribution in [2.45, 2.75) is 97.2 Å². The molecule has 0 saturated heterocycles. The van der Waals surface area contributed by atoms with Crippen LogP contribution in [-0.4, -0.2) is 54.8 Å². The largest absolute Gasteiger partial charge is 0.743 e. The number of unbranched alkanes of at least 4 members (excludes halogenated alkanes) is 6. The summed E-state index contributed by atoms with van der Waals surface area (Å²) in [6.07, 6.45) is 3.27. The molecular formula is C19H39F4NO3S. The van der Waals surface area contributed by atoms with Crippen LogP contribution in [0.5, 0.6) is 0 Å². The predicted octanol–water partition coefficient (Wildman–Crippen LogP) is 5.78. The normalized spacial score (nSPS) is 13.2. The van der Waals surface area contributed by atoms with Crippen LogP contribution < -0.4 is 0 Å². The molecule has 9 heteroatoms. The van der Waals surface area contributed by atoms with Gasteiger partial charge in [-0.05, 0) is 34.1 Å². The van der Waals surface area contributed by atoms with Crippen molar-refractivity contribution in [2.24, 2.45) is 0 Å². The minimum atomic E-state index is -6.35. The van der Waals surface area contributed by atoms with Crippen LogP contribution in [0.1, 0.15) is 86.0 Å². The molecule has 0 N–H and O–H groups in total. The summed E-state index contributed by atoms with van der Waals surface area (Å²) in [5.41, 5.74) is 0. The topological polar surface area (TPSA) is 57.2 Å². The molecular weight excluding hydrogens is 398 g/mol. The van der Waals surface area contributed by atoms with E-state index >= 15 is 0 Å². The molecule has 0 unspecified atom stereocenters. The monoisotopic (exact) mass is 437 g/mol. The molecule has 0 atom stereocenters. The Kier molecular flexibility index (Phi) is 14.6. The van der Waals surface area contributed by atoms with Gasteiger partial charge >= 0.3 is 11.2 Å². The maximum absolute atomic E-state index is 13.0. The summed E-state index contributed by atoms with van der Waals surface area (Å²) >= 11 is 0. The Balaban J connectivity index is 0. The highest BCUT2D eigenvalue weighted by molar-refractivity contribution is 7.86. The molecule has 0 fully saturated rings. The highest BCUT2D eigenvalue weighted by Crippen LogP contribution is 2.41. The Hall–Kier alpha value is -0.410. The Morgan fingerprint density at radius 3 is 1.36 bits per heavy atom. The molecule has 4 nitrogen and oxygen atoms in total. The van der Waals surface area contributed by atoms with E-state index in [4.69, 9.17) is 0 Å². The van der Waals surface area contributed by atoms with Crippen molar-refractivity contribution in [3.63, 3.8) is 0 Å². The van der Waals surface area contributed by atoms with Gasteiger partial charge in [-0.2, -0.15) is 17.6 Å². The first-order chi connectivity index (χ1) is 12.8. The molecule has 172 valence electrons. The van der Waals surface area contributed by atoms with Gasteiger partial charge in [-0.3, -0.25) is 0 Å². The molecule has 0 spiro atoms. The van der Waals surface area contributed by atoms with Crippen LogP contribution in [0.4, 0.5) is 17.6 Å². The molecule has 0 bridgehead atoms. The SMILES string of the molecule is CCCCCCCCCC(F)(F)C(F)(F)S(=O)(=O)[O-].CC[N+](CC)(CC)CC. The van der Waals surface area contributed by atoms with Crippen LogP contribution in [-0.2, 0) is 10.1 Å². The lowest BCUT2D eigenvalue weighted by molar-refractivity contribution is -0.921. The van der Waals surface area contributed by atoms with Crippen molar-refractivity contribution in [1.82, 2.24) is 0 Å². The average molecular weight is 438 g/mol. The fraction of sp³-hybridized carbons (Fsp3) is 1.00. The van der Waals surface area contributed by atoms with Crippen molar-refractivity contribution in [3.8, 4) is 0 Å². The van der Waals surface area contributed by atoms with Crippen LogP contribution in [0.15, 0.2) is 0 Å². The zero-order valence-corrected chi connectivity index (χ0v) is 18.9. The number of hydrogen-bond acceptors (Lipinski definition) is 3. The molecule has 0 aromatic heterocycles. The summed E-state index contributed by atoms with van der Waals surface area (Å²) in [6, 6.07) is 0. The van der Waals surface area contributed by atoms with Crippen molar-refractivity contribution < 1.29 is 35.0 Å². The van der Waals surface area contributed by atoms with E-state index in [0.29, 0.717) is 12.8 Å². The van der Waals surface area contributed by atoms with E-state index in [0.717, 1.165) is 25.7 Å². The van der Waals surface area contributed by atoms with Gasteiger partial charge in [0.2, 0.25) is 0 Å². The summed E-state index contributed by atoms with van der Waals surface area (Å²) in [6.45, 7) is 16.2. The van der Waals surface area contributed by atoms with Gasteiger partial charge in [-0.1, -0.05) is 45.4 Å². The Labute approximate surface area is 169 Å². The molecule has 0 aromatic rings. The van der Waals surface area contributed by atoms with E-state index in [9.17, 15) is 30.5 Å². The molecule has 0 amide bonds. The number of nitrogens with zero attached hydrogens (tertiary/aromatic N) is 1. The minimum absolute atomic E-state index is 0.232. The fourth-order valence-corrected chi connectivity index (χ4v) is 3.44. The summed E-state index contributed by atoms with van der Waals surface area (Å²) in [4.78, 5) is 0. The molecule has 0 saturated carbocycles. The van der Waals surface area contributed by atoms with Crippen molar-refractivity contribution >= 4 is 10.1 Å². The van der Waals surface area contributed by atoms with Crippen molar-refractivity contribution in [2.75, 3.05) is 26.2 Å². The Bertz CT molecular complexity index is 478. The van der Waals surface area contributed by atoms with Gasteiger partial charge in [0.15, 0.2) is 10.1 Å². The van der Waals surface area contributed by atoms with Crippen molar-refractivity contribution in [3.05, 3.63) is 0 Å². The smallest absolute Gasteiger partial charge is 0.396 e. The number of quaternary nitrogens is 1. The van der Waals surface area contributed by atoms with Crippen LogP contribution in [0, 0.1) is 0 Å². The number of halogens is 4. The molecule has 28 heavy (non-hydrogen) atoms. The average Bonchev–Trinajstić information content (AvgIpc) is 2.63. The first-order valence-electron chi connectivity index (χ1n) is 10.4. The second-order valence-corrected chi connectivity index (χ2v) is 8.57. The van der Waals surface area contributed by atoms with Gasteiger partial charge < -0.3 is 9.04 Å². The van der Waals surface area contributed by atoms with Gasteiger partial charge in [0.25, 0.3) is 0 Å². The predicted molar refractivity (Wildman–Crippen MR) is 105 cm³/mol. The minimum Gasteiger partial charge on any atom is -0.743 e. The van der Waals surface area contributed by atoms with Gasteiger partial charge in [0.1, 0.15) is 0 Å². The molecule has 0 heterocycles. The zero-order valence-electron chi connectivity index (χ0n) is 18.1. The maximum Gasteiger partial charge on any atom is 0.396 e. The third-order valence-electron chi connectivity index (χ3n) is 5.52. The highest BCUT2D eigenvalue weighted by Gasteiger charge is 2.60. The Morgan fingerprint density at radius 2 is 1.07 bits per heavy atom. The first-order valence-corrected chi connectivity index (χ1v) is 11.8. The van der Waals surface area contributed by atoms with E-state index < -0.39 is 27.7 Å². The quantitative estimate of drug-likeness (QED) is 0.150. The molecule has 0 aliphatic heterocycles. The van der Waals surface area contributed by atoms with E-state index in [2.05, 4.69) is 27.7 Å². The summed E-state index contributed by atoms with van der Waals surface area (Å²) in [7, 11) is -6.35.